The minimum absolute atomic E-state index is 0.134. The minimum atomic E-state index is -0.134. The lowest BCUT2D eigenvalue weighted by Crippen LogP contribution is -2.26. The first-order valence-electron chi connectivity index (χ1n) is 8.10. The second-order valence-corrected chi connectivity index (χ2v) is 6.31. The van der Waals surface area contributed by atoms with Gasteiger partial charge in [-0.05, 0) is 18.1 Å². The highest BCUT2D eigenvalue weighted by molar-refractivity contribution is 5.96. The van der Waals surface area contributed by atoms with E-state index >= 15 is 0 Å². The summed E-state index contributed by atoms with van der Waals surface area (Å²) in [5.41, 5.74) is 3.17. The number of carbonyl (C=O) groups excluding carboxylic acids is 1. The molecule has 3 aromatic heterocycles. The van der Waals surface area contributed by atoms with E-state index in [0.29, 0.717) is 18.0 Å². The normalized spacial score (nSPS) is 11.3. The molecule has 0 radical (unpaired) electrons. The molecule has 0 aliphatic carbocycles. The number of hydrogen-bond acceptors (Lipinski definition) is 4. The van der Waals surface area contributed by atoms with Crippen molar-refractivity contribution in [2.24, 2.45) is 13.0 Å². The summed E-state index contributed by atoms with van der Waals surface area (Å²) < 4.78 is 3.82. The molecule has 0 aromatic carbocycles. The van der Waals surface area contributed by atoms with Gasteiger partial charge >= 0.3 is 0 Å². The van der Waals surface area contributed by atoms with Crippen LogP contribution in [0.15, 0.2) is 30.9 Å². The summed E-state index contributed by atoms with van der Waals surface area (Å²) in [4.78, 5) is 21.0. The maximum Gasteiger partial charge on any atom is 0.252 e. The van der Waals surface area contributed by atoms with Crippen LogP contribution in [0.2, 0.25) is 0 Å². The van der Waals surface area contributed by atoms with Gasteiger partial charge in [0.25, 0.3) is 5.91 Å². The van der Waals surface area contributed by atoms with E-state index in [4.69, 9.17) is 0 Å². The van der Waals surface area contributed by atoms with Crippen molar-refractivity contribution in [1.29, 1.82) is 0 Å². The number of hydrogen-bond donors (Lipinski definition) is 1. The Morgan fingerprint density at radius 2 is 2.17 bits per heavy atom. The molecular weight excluding hydrogens is 304 g/mol. The Morgan fingerprint density at radius 3 is 2.88 bits per heavy atom. The molecule has 24 heavy (non-hydrogen) atoms. The van der Waals surface area contributed by atoms with Gasteiger partial charge in [0.15, 0.2) is 5.65 Å². The zero-order valence-corrected chi connectivity index (χ0v) is 14.2. The Kier molecular flexibility index (Phi) is 4.59. The number of amides is 1. The van der Waals surface area contributed by atoms with E-state index in [9.17, 15) is 4.79 Å². The van der Waals surface area contributed by atoms with Gasteiger partial charge in [0, 0.05) is 44.6 Å². The van der Waals surface area contributed by atoms with Crippen LogP contribution in [0.3, 0.4) is 0 Å². The highest BCUT2D eigenvalue weighted by Crippen LogP contribution is 2.13. The summed E-state index contributed by atoms with van der Waals surface area (Å²) >= 11 is 0. The van der Waals surface area contributed by atoms with Gasteiger partial charge in [0.1, 0.15) is 5.52 Å². The SMILES string of the molecule is CC(C)Cn1cnc2cc(C(=O)NCCc3ccnn3C)cnc21. The minimum Gasteiger partial charge on any atom is -0.352 e. The molecule has 3 aromatic rings. The van der Waals surface area contributed by atoms with E-state index in [-0.39, 0.29) is 5.91 Å². The first-order chi connectivity index (χ1) is 11.5. The van der Waals surface area contributed by atoms with Crippen LogP contribution in [-0.4, -0.2) is 36.8 Å². The fourth-order valence-corrected chi connectivity index (χ4v) is 2.65. The number of aromatic nitrogens is 5. The molecule has 0 saturated carbocycles. The molecule has 7 heteroatoms. The molecule has 0 aliphatic rings. The van der Waals surface area contributed by atoms with E-state index in [2.05, 4.69) is 34.2 Å². The predicted octanol–water partition coefficient (Wildman–Crippen LogP) is 1.79. The molecule has 3 rings (SSSR count). The second-order valence-electron chi connectivity index (χ2n) is 6.31. The van der Waals surface area contributed by atoms with Crippen molar-refractivity contribution in [1.82, 2.24) is 29.6 Å². The molecule has 0 spiro atoms. The third-order valence-corrected chi connectivity index (χ3v) is 3.87. The van der Waals surface area contributed by atoms with E-state index in [1.807, 2.05) is 17.7 Å². The molecule has 1 amide bonds. The van der Waals surface area contributed by atoms with E-state index in [1.165, 1.54) is 0 Å². The average Bonchev–Trinajstić information content (AvgIpc) is 3.13. The molecule has 0 saturated heterocycles. The molecule has 7 nitrogen and oxygen atoms in total. The van der Waals surface area contributed by atoms with Gasteiger partial charge in [-0.2, -0.15) is 5.10 Å². The van der Waals surface area contributed by atoms with Gasteiger partial charge in [-0.25, -0.2) is 9.97 Å². The molecule has 3 heterocycles. The van der Waals surface area contributed by atoms with Gasteiger partial charge in [-0.1, -0.05) is 13.8 Å². The van der Waals surface area contributed by atoms with Gasteiger partial charge in [0.2, 0.25) is 0 Å². The van der Waals surface area contributed by atoms with Crippen LogP contribution < -0.4 is 5.32 Å². The lowest BCUT2D eigenvalue weighted by atomic mass is 10.2. The number of carbonyl (C=O) groups is 1. The number of aryl methyl sites for hydroxylation is 1. The van der Waals surface area contributed by atoms with E-state index in [0.717, 1.165) is 29.8 Å². The van der Waals surface area contributed by atoms with Gasteiger partial charge in [-0.15, -0.1) is 0 Å². The number of nitrogens with zero attached hydrogens (tertiary/aromatic N) is 5. The van der Waals surface area contributed by atoms with Gasteiger partial charge in [0.05, 0.1) is 11.9 Å². The van der Waals surface area contributed by atoms with Crippen LogP contribution in [-0.2, 0) is 20.0 Å². The molecule has 1 N–H and O–H groups in total. The van der Waals surface area contributed by atoms with Crippen molar-refractivity contribution in [3.8, 4) is 0 Å². The summed E-state index contributed by atoms with van der Waals surface area (Å²) in [6.45, 7) is 5.71. The third-order valence-electron chi connectivity index (χ3n) is 3.87. The van der Waals surface area contributed by atoms with Crippen molar-refractivity contribution >= 4 is 17.1 Å². The van der Waals surface area contributed by atoms with Crippen LogP contribution in [0.1, 0.15) is 29.9 Å². The zero-order chi connectivity index (χ0) is 17.1. The number of fused-ring (bicyclic) bond motifs is 1. The third kappa shape index (κ3) is 3.45. The van der Waals surface area contributed by atoms with Crippen LogP contribution in [0.5, 0.6) is 0 Å². The summed E-state index contributed by atoms with van der Waals surface area (Å²) in [5.74, 6) is 0.379. The number of pyridine rings is 1. The smallest absolute Gasteiger partial charge is 0.252 e. The molecule has 0 unspecified atom stereocenters. The van der Waals surface area contributed by atoms with Crippen molar-refractivity contribution in [3.63, 3.8) is 0 Å². The first-order valence-corrected chi connectivity index (χ1v) is 8.10. The first kappa shape index (κ1) is 16.2. The molecule has 0 aliphatic heterocycles. The van der Waals surface area contributed by atoms with Crippen LogP contribution in [0.4, 0.5) is 0 Å². The Labute approximate surface area is 140 Å². The topological polar surface area (TPSA) is 77.6 Å². The number of rotatable bonds is 6. The largest absolute Gasteiger partial charge is 0.352 e. The molecule has 0 bridgehead atoms. The lowest BCUT2D eigenvalue weighted by Gasteiger charge is -2.07. The van der Waals surface area contributed by atoms with Crippen molar-refractivity contribution in [2.75, 3.05) is 6.54 Å². The fourth-order valence-electron chi connectivity index (χ4n) is 2.65. The Morgan fingerprint density at radius 1 is 1.33 bits per heavy atom. The average molecular weight is 326 g/mol. The van der Waals surface area contributed by atoms with E-state index < -0.39 is 0 Å². The summed E-state index contributed by atoms with van der Waals surface area (Å²) in [6.07, 6.45) is 5.88. The maximum absolute atomic E-state index is 12.3. The molecule has 126 valence electrons. The molecular formula is C17H22N6O. The molecule has 0 fully saturated rings. The fraction of sp³-hybridized carbons (Fsp3) is 0.412. The van der Waals surface area contributed by atoms with Gasteiger partial charge < -0.3 is 9.88 Å². The van der Waals surface area contributed by atoms with Crippen LogP contribution in [0, 0.1) is 5.92 Å². The van der Waals surface area contributed by atoms with Crippen LogP contribution in [0.25, 0.3) is 11.2 Å². The quantitative estimate of drug-likeness (QED) is 0.749. The Bertz CT molecular complexity index is 848. The van der Waals surface area contributed by atoms with E-state index in [1.54, 1.807) is 29.5 Å². The number of nitrogens with one attached hydrogen (secondary N) is 1. The Balaban J connectivity index is 1.65. The summed E-state index contributed by atoms with van der Waals surface area (Å²) in [5, 5.41) is 7.03. The van der Waals surface area contributed by atoms with Crippen molar-refractivity contribution in [2.45, 2.75) is 26.8 Å². The zero-order valence-electron chi connectivity index (χ0n) is 14.2. The Hall–Kier alpha value is -2.70. The summed E-state index contributed by atoms with van der Waals surface area (Å²) in [6, 6.07) is 3.74. The monoisotopic (exact) mass is 326 g/mol. The molecule has 0 atom stereocenters. The maximum atomic E-state index is 12.3. The number of imidazole rings is 1. The van der Waals surface area contributed by atoms with Crippen molar-refractivity contribution in [3.05, 3.63) is 42.1 Å². The highest BCUT2D eigenvalue weighted by atomic mass is 16.1. The van der Waals surface area contributed by atoms with Crippen LogP contribution >= 0.6 is 0 Å². The highest BCUT2D eigenvalue weighted by Gasteiger charge is 2.11. The summed E-state index contributed by atoms with van der Waals surface area (Å²) in [7, 11) is 1.89. The van der Waals surface area contributed by atoms with Crippen molar-refractivity contribution < 1.29 is 4.79 Å². The standard InChI is InChI=1S/C17H22N6O/c1-12(2)10-23-11-20-15-8-13(9-19-16(15)23)17(24)18-6-4-14-5-7-21-22(14)3/h5,7-9,11-12H,4,6,10H2,1-3H3,(H,18,24). The lowest BCUT2D eigenvalue weighted by molar-refractivity contribution is 0.0953. The van der Waals surface area contributed by atoms with Gasteiger partial charge in [-0.3, -0.25) is 9.48 Å². The predicted molar refractivity (Wildman–Crippen MR) is 91.6 cm³/mol. The second kappa shape index (κ2) is 6.82.